The van der Waals surface area contributed by atoms with E-state index in [1.165, 1.54) is 11.3 Å². The second-order valence-corrected chi connectivity index (χ2v) is 7.09. The molecule has 1 atom stereocenters. The van der Waals surface area contributed by atoms with Crippen LogP contribution in [0.1, 0.15) is 21.1 Å². The number of thiazole rings is 1. The van der Waals surface area contributed by atoms with Gasteiger partial charge in [0.15, 0.2) is 5.65 Å². The molecule has 1 saturated heterocycles. The van der Waals surface area contributed by atoms with Crippen molar-refractivity contribution in [2.75, 3.05) is 26.3 Å². The Morgan fingerprint density at radius 2 is 2.32 bits per heavy atom. The van der Waals surface area contributed by atoms with Crippen molar-refractivity contribution in [2.45, 2.75) is 13.3 Å². The molecular weight excluding hydrogens is 338 g/mol. The summed E-state index contributed by atoms with van der Waals surface area (Å²) < 4.78 is 7.69. The highest BCUT2D eigenvalue weighted by Crippen LogP contribution is 2.19. The molecule has 4 heterocycles. The van der Waals surface area contributed by atoms with Gasteiger partial charge in [0, 0.05) is 37.6 Å². The van der Waals surface area contributed by atoms with Crippen LogP contribution in [0.3, 0.4) is 0 Å². The Kier molecular flexibility index (Phi) is 4.46. The Morgan fingerprint density at radius 1 is 1.40 bits per heavy atom. The molecule has 0 spiro atoms. The van der Waals surface area contributed by atoms with E-state index in [4.69, 9.17) is 4.74 Å². The average Bonchev–Trinajstić information content (AvgIpc) is 3.18. The number of nitrogens with zero attached hydrogens (tertiary/aromatic N) is 5. The number of amides is 1. The molecule has 0 N–H and O–H groups in total. The number of aromatic nitrogens is 4. The van der Waals surface area contributed by atoms with E-state index < -0.39 is 0 Å². The Labute approximate surface area is 149 Å². The summed E-state index contributed by atoms with van der Waals surface area (Å²) in [6.45, 7) is 4.35. The number of ether oxygens (including phenoxy) is 1. The van der Waals surface area contributed by atoms with Gasteiger partial charge < -0.3 is 14.0 Å². The largest absolute Gasteiger partial charge is 0.379 e. The van der Waals surface area contributed by atoms with Crippen molar-refractivity contribution < 1.29 is 9.53 Å². The molecule has 0 aliphatic carbocycles. The van der Waals surface area contributed by atoms with E-state index in [9.17, 15) is 4.79 Å². The van der Waals surface area contributed by atoms with E-state index in [0.29, 0.717) is 26.3 Å². The van der Waals surface area contributed by atoms with Crippen molar-refractivity contribution in [3.63, 3.8) is 0 Å². The number of carbonyl (C=O) groups excluding carboxylic acids is 1. The van der Waals surface area contributed by atoms with Crippen molar-refractivity contribution >= 4 is 22.9 Å². The lowest BCUT2D eigenvalue weighted by molar-refractivity contribution is 0.0741. The summed E-state index contributed by atoms with van der Waals surface area (Å²) in [5, 5.41) is 0. The van der Waals surface area contributed by atoms with Gasteiger partial charge in [0.2, 0.25) is 0 Å². The van der Waals surface area contributed by atoms with Gasteiger partial charge in [-0.15, -0.1) is 11.3 Å². The van der Waals surface area contributed by atoms with Crippen molar-refractivity contribution in [1.29, 1.82) is 0 Å². The number of hydrogen-bond acceptors (Lipinski definition) is 6. The van der Waals surface area contributed by atoms with Crippen molar-refractivity contribution in [3.8, 4) is 0 Å². The second kappa shape index (κ2) is 6.89. The first-order valence-electron chi connectivity index (χ1n) is 8.25. The standard InChI is InChI=1S/C17H19N5O2S/c1-12-16(25-11-20-12)17(23)22-4-5-24-10-13(8-22)6-14-9-21-3-2-18-15(21)7-19-14/h2-3,7,9,11,13H,4-6,8,10H2,1H3/t13-/m0/s1. The van der Waals surface area contributed by atoms with Crippen LogP contribution in [-0.4, -0.2) is 56.5 Å². The van der Waals surface area contributed by atoms with Crippen molar-refractivity contribution in [1.82, 2.24) is 24.3 Å². The zero-order valence-electron chi connectivity index (χ0n) is 14.0. The zero-order valence-corrected chi connectivity index (χ0v) is 14.8. The van der Waals surface area contributed by atoms with Gasteiger partial charge in [-0.3, -0.25) is 9.78 Å². The van der Waals surface area contributed by atoms with Gasteiger partial charge in [0.1, 0.15) is 4.88 Å². The predicted octanol–water partition coefficient (Wildman–Crippen LogP) is 1.83. The van der Waals surface area contributed by atoms with Crippen LogP contribution in [-0.2, 0) is 11.2 Å². The molecule has 1 amide bonds. The second-order valence-electron chi connectivity index (χ2n) is 6.23. The van der Waals surface area contributed by atoms with Crippen LogP contribution in [0.25, 0.3) is 5.65 Å². The maximum absolute atomic E-state index is 12.8. The van der Waals surface area contributed by atoms with Crippen LogP contribution in [0.5, 0.6) is 0 Å². The summed E-state index contributed by atoms with van der Waals surface area (Å²) in [7, 11) is 0. The molecule has 0 saturated carbocycles. The fraction of sp³-hybridized carbons (Fsp3) is 0.412. The highest BCUT2D eigenvalue weighted by Gasteiger charge is 2.26. The summed E-state index contributed by atoms with van der Waals surface area (Å²) in [6, 6.07) is 0. The monoisotopic (exact) mass is 357 g/mol. The molecule has 1 aliphatic heterocycles. The van der Waals surface area contributed by atoms with Crippen molar-refractivity contribution in [3.05, 3.63) is 46.6 Å². The predicted molar refractivity (Wildman–Crippen MR) is 93.8 cm³/mol. The van der Waals surface area contributed by atoms with Gasteiger partial charge in [-0.2, -0.15) is 0 Å². The van der Waals surface area contributed by atoms with Crippen molar-refractivity contribution in [2.24, 2.45) is 5.92 Å². The highest BCUT2D eigenvalue weighted by atomic mass is 32.1. The lowest BCUT2D eigenvalue weighted by atomic mass is 10.0. The molecule has 7 nitrogen and oxygen atoms in total. The number of fused-ring (bicyclic) bond motifs is 1. The SMILES string of the molecule is Cc1ncsc1C(=O)N1CCOC[C@@H](Cc2cn3ccnc3cn2)C1. The van der Waals surface area contributed by atoms with Crippen LogP contribution in [0.15, 0.2) is 30.3 Å². The fourth-order valence-corrected chi connectivity index (χ4v) is 3.88. The van der Waals surface area contributed by atoms with Gasteiger partial charge >= 0.3 is 0 Å². The van der Waals surface area contributed by atoms with E-state index in [2.05, 4.69) is 15.0 Å². The smallest absolute Gasteiger partial charge is 0.265 e. The first kappa shape index (κ1) is 16.2. The molecule has 130 valence electrons. The molecule has 0 radical (unpaired) electrons. The van der Waals surface area contributed by atoms with Crippen LogP contribution >= 0.6 is 11.3 Å². The number of carbonyl (C=O) groups is 1. The lowest BCUT2D eigenvalue weighted by Gasteiger charge is -2.23. The average molecular weight is 357 g/mol. The van der Waals surface area contributed by atoms with E-state index in [0.717, 1.165) is 28.3 Å². The minimum atomic E-state index is 0.0496. The quantitative estimate of drug-likeness (QED) is 0.715. The molecule has 0 bridgehead atoms. The third-order valence-corrected chi connectivity index (χ3v) is 5.31. The minimum absolute atomic E-state index is 0.0496. The normalized spacial score (nSPS) is 18.4. The Morgan fingerprint density at radius 3 is 3.16 bits per heavy atom. The molecule has 0 aromatic carbocycles. The molecule has 4 rings (SSSR count). The van der Waals surface area contributed by atoms with Gasteiger partial charge in [-0.25, -0.2) is 9.97 Å². The summed E-state index contributed by atoms with van der Waals surface area (Å²) in [5.74, 6) is 0.265. The highest BCUT2D eigenvalue weighted by molar-refractivity contribution is 7.11. The Balaban J connectivity index is 1.49. The maximum Gasteiger partial charge on any atom is 0.265 e. The molecule has 0 unspecified atom stereocenters. The Hall–Kier alpha value is -2.32. The van der Waals surface area contributed by atoms with E-state index in [-0.39, 0.29) is 11.8 Å². The number of hydrogen-bond donors (Lipinski definition) is 0. The summed E-state index contributed by atoms with van der Waals surface area (Å²) in [4.78, 5) is 28.3. The van der Waals surface area contributed by atoms with Crippen LogP contribution < -0.4 is 0 Å². The minimum Gasteiger partial charge on any atom is -0.379 e. The van der Waals surface area contributed by atoms with E-state index in [1.807, 2.05) is 28.6 Å². The number of rotatable bonds is 3. The molecule has 25 heavy (non-hydrogen) atoms. The zero-order chi connectivity index (χ0) is 17.2. The number of imidazole rings is 1. The topological polar surface area (TPSA) is 72.6 Å². The third-order valence-electron chi connectivity index (χ3n) is 4.40. The third kappa shape index (κ3) is 3.40. The van der Waals surface area contributed by atoms with Crippen LogP contribution in [0.4, 0.5) is 0 Å². The lowest BCUT2D eigenvalue weighted by Crippen LogP contribution is -2.36. The number of aryl methyl sites for hydroxylation is 1. The molecule has 3 aromatic rings. The summed E-state index contributed by atoms with van der Waals surface area (Å²) >= 11 is 1.40. The molecule has 8 heteroatoms. The molecule has 1 aliphatic rings. The van der Waals surface area contributed by atoms with Crippen LogP contribution in [0, 0.1) is 12.8 Å². The summed E-state index contributed by atoms with van der Waals surface area (Å²) in [5.41, 5.74) is 4.32. The molecule has 1 fully saturated rings. The molecular formula is C17H19N5O2S. The van der Waals surface area contributed by atoms with Gasteiger partial charge in [-0.1, -0.05) is 0 Å². The van der Waals surface area contributed by atoms with Gasteiger partial charge in [-0.05, 0) is 13.3 Å². The first-order valence-corrected chi connectivity index (χ1v) is 9.13. The fourth-order valence-electron chi connectivity index (χ4n) is 3.11. The maximum atomic E-state index is 12.8. The van der Waals surface area contributed by atoms with Gasteiger partial charge in [0.05, 0.1) is 36.3 Å². The Bertz CT molecular complexity index is 890. The summed E-state index contributed by atoms with van der Waals surface area (Å²) in [6.07, 6.45) is 8.20. The van der Waals surface area contributed by atoms with E-state index >= 15 is 0 Å². The molecule has 3 aromatic heterocycles. The van der Waals surface area contributed by atoms with Crippen LogP contribution in [0.2, 0.25) is 0 Å². The van der Waals surface area contributed by atoms with Gasteiger partial charge in [0.25, 0.3) is 5.91 Å². The first-order chi connectivity index (χ1) is 12.2. The van der Waals surface area contributed by atoms with E-state index in [1.54, 1.807) is 17.9 Å².